The first-order valence-electron chi connectivity index (χ1n) is 5.24. The van der Waals surface area contributed by atoms with Crippen molar-refractivity contribution in [2.75, 3.05) is 13.2 Å². The Bertz CT molecular complexity index is 407. The zero-order chi connectivity index (χ0) is 10.3. The van der Waals surface area contributed by atoms with Gasteiger partial charge in [0.1, 0.15) is 11.9 Å². The SMILES string of the molecule is O=C1CCc2cccc(OC3COC3)c21. The second-order valence-electron chi connectivity index (χ2n) is 3.99. The summed E-state index contributed by atoms with van der Waals surface area (Å²) in [6, 6.07) is 5.83. The largest absolute Gasteiger partial charge is 0.485 e. The molecule has 1 saturated heterocycles. The van der Waals surface area contributed by atoms with Gasteiger partial charge in [-0.05, 0) is 18.1 Å². The maximum absolute atomic E-state index is 11.7. The third-order valence-corrected chi connectivity index (χ3v) is 2.91. The zero-order valence-corrected chi connectivity index (χ0v) is 8.36. The summed E-state index contributed by atoms with van der Waals surface area (Å²) in [6.07, 6.45) is 1.61. The van der Waals surface area contributed by atoms with Crippen molar-refractivity contribution < 1.29 is 14.3 Å². The minimum atomic E-state index is 0.130. The molecule has 78 valence electrons. The second-order valence-corrected chi connectivity index (χ2v) is 3.99. The van der Waals surface area contributed by atoms with E-state index in [-0.39, 0.29) is 11.9 Å². The average molecular weight is 204 g/mol. The van der Waals surface area contributed by atoms with Crippen LogP contribution >= 0.6 is 0 Å². The van der Waals surface area contributed by atoms with E-state index in [4.69, 9.17) is 9.47 Å². The van der Waals surface area contributed by atoms with Crippen LogP contribution < -0.4 is 4.74 Å². The van der Waals surface area contributed by atoms with Crippen LogP contribution in [-0.2, 0) is 11.2 Å². The van der Waals surface area contributed by atoms with E-state index in [1.165, 1.54) is 0 Å². The van der Waals surface area contributed by atoms with Crippen molar-refractivity contribution in [2.45, 2.75) is 18.9 Å². The number of ether oxygens (including phenoxy) is 2. The first-order chi connectivity index (χ1) is 7.34. The standard InChI is InChI=1S/C12H12O3/c13-10-5-4-8-2-1-3-11(12(8)10)15-9-6-14-7-9/h1-3,9H,4-7H2. The second kappa shape index (κ2) is 3.35. The van der Waals surface area contributed by atoms with Crippen LogP contribution in [0, 0.1) is 0 Å². The van der Waals surface area contributed by atoms with Crippen molar-refractivity contribution in [1.29, 1.82) is 0 Å². The maximum Gasteiger partial charge on any atom is 0.167 e. The van der Waals surface area contributed by atoms with E-state index in [0.29, 0.717) is 19.6 Å². The number of hydrogen-bond acceptors (Lipinski definition) is 3. The molecule has 15 heavy (non-hydrogen) atoms. The molecule has 0 bridgehead atoms. The Hall–Kier alpha value is -1.35. The van der Waals surface area contributed by atoms with Crippen LogP contribution in [0.5, 0.6) is 5.75 Å². The van der Waals surface area contributed by atoms with E-state index in [1.54, 1.807) is 0 Å². The molecule has 3 rings (SSSR count). The third-order valence-electron chi connectivity index (χ3n) is 2.91. The molecule has 0 spiro atoms. The monoisotopic (exact) mass is 204 g/mol. The van der Waals surface area contributed by atoms with Crippen molar-refractivity contribution in [3.63, 3.8) is 0 Å². The molecule has 0 aromatic heterocycles. The lowest BCUT2D eigenvalue weighted by Crippen LogP contribution is -2.38. The summed E-state index contributed by atoms with van der Waals surface area (Å²) >= 11 is 0. The molecule has 0 atom stereocenters. The number of aryl methyl sites for hydroxylation is 1. The van der Waals surface area contributed by atoms with Crippen LogP contribution in [0.25, 0.3) is 0 Å². The van der Waals surface area contributed by atoms with E-state index in [1.807, 2.05) is 18.2 Å². The van der Waals surface area contributed by atoms with Crippen LogP contribution in [0.4, 0.5) is 0 Å². The number of fused-ring (bicyclic) bond motifs is 1. The molecule has 1 heterocycles. The summed E-state index contributed by atoms with van der Waals surface area (Å²) in [6.45, 7) is 1.27. The number of benzene rings is 1. The first-order valence-corrected chi connectivity index (χ1v) is 5.24. The van der Waals surface area contributed by atoms with Crippen LogP contribution in [0.2, 0.25) is 0 Å². The molecule has 1 aliphatic heterocycles. The van der Waals surface area contributed by atoms with E-state index >= 15 is 0 Å². The lowest BCUT2D eigenvalue weighted by atomic mass is 10.1. The minimum absolute atomic E-state index is 0.130. The minimum Gasteiger partial charge on any atom is -0.485 e. The highest BCUT2D eigenvalue weighted by Crippen LogP contribution is 2.31. The van der Waals surface area contributed by atoms with Gasteiger partial charge in [-0.15, -0.1) is 0 Å². The van der Waals surface area contributed by atoms with Crippen LogP contribution in [-0.4, -0.2) is 25.1 Å². The molecule has 3 nitrogen and oxygen atoms in total. The Kier molecular flexibility index (Phi) is 1.99. The number of Topliss-reactive ketones (excluding diaryl/α,β-unsaturated/α-hetero) is 1. The van der Waals surface area contributed by atoms with Gasteiger partial charge in [-0.3, -0.25) is 4.79 Å². The van der Waals surface area contributed by atoms with Gasteiger partial charge in [0.05, 0.1) is 18.8 Å². The molecule has 0 N–H and O–H groups in total. The molecule has 1 fully saturated rings. The molecule has 2 aliphatic rings. The van der Waals surface area contributed by atoms with Crippen LogP contribution in [0.15, 0.2) is 18.2 Å². The topological polar surface area (TPSA) is 35.5 Å². The van der Waals surface area contributed by atoms with Gasteiger partial charge in [0.15, 0.2) is 5.78 Å². The first kappa shape index (κ1) is 8.92. The summed E-state index contributed by atoms with van der Waals surface area (Å²) in [5.41, 5.74) is 1.92. The van der Waals surface area contributed by atoms with Gasteiger partial charge in [0.2, 0.25) is 0 Å². The predicted molar refractivity (Wildman–Crippen MR) is 54.3 cm³/mol. The van der Waals surface area contributed by atoms with E-state index < -0.39 is 0 Å². The lowest BCUT2D eigenvalue weighted by molar-refractivity contribution is -0.0798. The van der Waals surface area contributed by atoms with Crippen molar-refractivity contribution in [1.82, 2.24) is 0 Å². The summed E-state index contributed by atoms with van der Waals surface area (Å²) in [4.78, 5) is 11.7. The number of rotatable bonds is 2. The Balaban J connectivity index is 1.93. The predicted octanol–water partition coefficient (Wildman–Crippen LogP) is 1.59. The summed E-state index contributed by atoms with van der Waals surface area (Å²) in [5.74, 6) is 0.948. The Morgan fingerprint density at radius 2 is 2.13 bits per heavy atom. The third kappa shape index (κ3) is 1.43. The fraction of sp³-hybridized carbons (Fsp3) is 0.417. The summed E-state index contributed by atoms with van der Waals surface area (Å²) in [5, 5.41) is 0. The highest BCUT2D eigenvalue weighted by atomic mass is 16.6. The average Bonchev–Trinajstić information content (AvgIpc) is 2.55. The van der Waals surface area contributed by atoms with Crippen LogP contribution in [0.1, 0.15) is 22.3 Å². The van der Waals surface area contributed by atoms with Gasteiger partial charge < -0.3 is 9.47 Å². The molecule has 3 heteroatoms. The highest BCUT2D eigenvalue weighted by Gasteiger charge is 2.27. The molecule has 0 amide bonds. The molecule has 1 aromatic rings. The van der Waals surface area contributed by atoms with Gasteiger partial charge in [-0.1, -0.05) is 12.1 Å². The van der Waals surface area contributed by atoms with E-state index in [0.717, 1.165) is 23.3 Å². The number of carbonyl (C=O) groups excluding carboxylic acids is 1. The van der Waals surface area contributed by atoms with Gasteiger partial charge in [-0.25, -0.2) is 0 Å². The summed E-state index contributed by atoms with van der Waals surface area (Å²) < 4.78 is 10.8. The molecular weight excluding hydrogens is 192 g/mol. The molecule has 0 unspecified atom stereocenters. The quantitative estimate of drug-likeness (QED) is 0.734. The number of ketones is 1. The summed E-state index contributed by atoms with van der Waals surface area (Å²) in [7, 11) is 0. The number of hydrogen-bond donors (Lipinski definition) is 0. The van der Waals surface area contributed by atoms with E-state index in [9.17, 15) is 4.79 Å². The Morgan fingerprint density at radius 3 is 2.87 bits per heavy atom. The fourth-order valence-corrected chi connectivity index (χ4v) is 2.03. The van der Waals surface area contributed by atoms with Crippen molar-refractivity contribution in [2.24, 2.45) is 0 Å². The van der Waals surface area contributed by atoms with Gasteiger partial charge in [0, 0.05) is 6.42 Å². The Labute approximate surface area is 88.0 Å². The molecule has 1 aliphatic carbocycles. The van der Waals surface area contributed by atoms with Gasteiger partial charge in [-0.2, -0.15) is 0 Å². The van der Waals surface area contributed by atoms with E-state index in [2.05, 4.69) is 0 Å². The Morgan fingerprint density at radius 1 is 1.27 bits per heavy atom. The number of carbonyl (C=O) groups is 1. The normalized spacial score (nSPS) is 19.9. The smallest absolute Gasteiger partial charge is 0.167 e. The van der Waals surface area contributed by atoms with Crippen LogP contribution in [0.3, 0.4) is 0 Å². The zero-order valence-electron chi connectivity index (χ0n) is 8.36. The van der Waals surface area contributed by atoms with Gasteiger partial charge in [0.25, 0.3) is 0 Å². The molecule has 0 radical (unpaired) electrons. The highest BCUT2D eigenvalue weighted by molar-refractivity contribution is 6.02. The lowest BCUT2D eigenvalue weighted by Gasteiger charge is -2.27. The van der Waals surface area contributed by atoms with Crippen molar-refractivity contribution >= 4 is 5.78 Å². The molecule has 1 aromatic carbocycles. The molecular formula is C12H12O3. The fourth-order valence-electron chi connectivity index (χ4n) is 2.03. The van der Waals surface area contributed by atoms with Gasteiger partial charge >= 0.3 is 0 Å². The van der Waals surface area contributed by atoms with Crippen molar-refractivity contribution in [3.05, 3.63) is 29.3 Å². The maximum atomic E-state index is 11.7. The van der Waals surface area contributed by atoms with Crippen molar-refractivity contribution in [3.8, 4) is 5.75 Å². The molecule has 0 saturated carbocycles.